The molecule has 0 radical (unpaired) electrons. The van der Waals surface area contributed by atoms with E-state index in [0.29, 0.717) is 21.6 Å². The summed E-state index contributed by atoms with van der Waals surface area (Å²) in [6.45, 7) is 3.90. The smallest absolute Gasteiger partial charge is 0.263 e. The fourth-order valence-electron chi connectivity index (χ4n) is 4.24. The van der Waals surface area contributed by atoms with Gasteiger partial charge in [-0.05, 0) is 87.1 Å². The van der Waals surface area contributed by atoms with E-state index >= 15 is 0 Å². The second kappa shape index (κ2) is 19.5. The maximum absolute atomic E-state index is 11.8. The van der Waals surface area contributed by atoms with Crippen LogP contribution in [0.5, 0.6) is 0 Å². The van der Waals surface area contributed by atoms with E-state index in [1.54, 1.807) is 10.8 Å². The first-order valence-corrected chi connectivity index (χ1v) is 19.7. The topological polar surface area (TPSA) is 211 Å². The molecule has 2 amide bonds. The molecule has 2 aliphatic rings. The van der Waals surface area contributed by atoms with Crippen molar-refractivity contribution >= 4 is 77.2 Å². The van der Waals surface area contributed by atoms with Gasteiger partial charge in [-0.25, -0.2) is 26.8 Å². The van der Waals surface area contributed by atoms with E-state index in [0.717, 1.165) is 39.0 Å². The lowest BCUT2D eigenvalue weighted by atomic mass is 10.1. The second-order valence-corrected chi connectivity index (χ2v) is 15.6. The van der Waals surface area contributed by atoms with Crippen LogP contribution in [0.2, 0.25) is 0 Å². The molecule has 18 heteroatoms. The molecule has 2 saturated heterocycles. The number of sulfonamides is 2. The van der Waals surface area contributed by atoms with E-state index in [9.17, 15) is 26.4 Å². The average Bonchev–Trinajstić information content (AvgIpc) is 3.81. The van der Waals surface area contributed by atoms with Gasteiger partial charge in [-0.15, -0.1) is 22.7 Å². The molecule has 2 aliphatic heterocycles. The van der Waals surface area contributed by atoms with Crippen molar-refractivity contribution in [3.63, 3.8) is 0 Å². The Balaban J connectivity index is 0.000000183. The van der Waals surface area contributed by atoms with Gasteiger partial charge in [0.15, 0.2) is 10.3 Å². The highest BCUT2D eigenvalue weighted by molar-refractivity contribution is 7.93. The quantitative estimate of drug-likeness (QED) is 0.149. The molecule has 0 spiro atoms. The van der Waals surface area contributed by atoms with Crippen LogP contribution in [0.25, 0.3) is 0 Å². The number of nitrogen functional groups attached to an aromatic ring is 2. The number of nitrogens with two attached hydrogens (primary N) is 2. The molecule has 2 aromatic heterocycles. The van der Waals surface area contributed by atoms with Gasteiger partial charge < -0.3 is 21.3 Å². The molecule has 14 nitrogen and oxygen atoms in total. The number of carbonyl (C=O) groups excluding carboxylic acids is 2. The molecule has 4 aromatic rings. The maximum atomic E-state index is 11.8. The highest BCUT2D eigenvalue weighted by atomic mass is 32.2. The van der Waals surface area contributed by atoms with Crippen LogP contribution in [-0.4, -0.2) is 75.6 Å². The van der Waals surface area contributed by atoms with Crippen LogP contribution in [0.1, 0.15) is 38.5 Å². The second-order valence-electron chi connectivity index (χ2n) is 10.4. The van der Waals surface area contributed by atoms with E-state index in [2.05, 4.69) is 19.4 Å². The highest BCUT2D eigenvalue weighted by Gasteiger charge is 2.16. The van der Waals surface area contributed by atoms with Gasteiger partial charge >= 0.3 is 0 Å². The number of rotatable bonds is 8. The standard InChI is InChI=1S/2C9H9N3O2S2.2C6H11NO/c2*10-7-1-3-8(4-2-7)16(13,14)12-9-11-5-6-15-9;2*8-6-7-4-2-1-3-5-7/h2*1-6H,10H2,(H,11,12);2*6H,1-5H2. The summed E-state index contributed by atoms with van der Waals surface area (Å²) < 4.78 is 52.0. The third kappa shape index (κ3) is 13.5. The van der Waals surface area contributed by atoms with E-state index in [1.807, 2.05) is 9.80 Å². The highest BCUT2D eigenvalue weighted by Crippen LogP contribution is 2.19. The summed E-state index contributed by atoms with van der Waals surface area (Å²) >= 11 is 2.44. The van der Waals surface area contributed by atoms with Crippen LogP contribution in [0, 0.1) is 0 Å². The largest absolute Gasteiger partial charge is 0.399 e. The van der Waals surface area contributed by atoms with Crippen molar-refractivity contribution in [2.24, 2.45) is 0 Å². The number of hydrogen-bond donors (Lipinski definition) is 4. The zero-order valence-electron chi connectivity index (χ0n) is 26.2. The van der Waals surface area contributed by atoms with Gasteiger partial charge in [-0.3, -0.25) is 19.0 Å². The van der Waals surface area contributed by atoms with Crippen LogP contribution in [0.3, 0.4) is 0 Å². The molecular weight excluding hydrogens is 697 g/mol. The molecule has 6 rings (SSSR count). The zero-order valence-corrected chi connectivity index (χ0v) is 29.4. The number of nitrogens with one attached hydrogen (secondary N) is 2. The van der Waals surface area contributed by atoms with Gasteiger partial charge in [0, 0.05) is 60.7 Å². The fourth-order valence-corrected chi connectivity index (χ4v) is 7.81. The summed E-state index contributed by atoms with van der Waals surface area (Å²) in [5.41, 5.74) is 12.0. The molecule has 0 bridgehead atoms. The number of piperidine rings is 2. The number of thiazole rings is 2. The SMILES string of the molecule is Nc1ccc(S(=O)(=O)Nc2nccs2)cc1.Nc1ccc(S(=O)(=O)Nc2nccs2)cc1.O=CN1CCCCC1.O=CN1CCCCC1. The summed E-state index contributed by atoms with van der Waals surface area (Å²) in [5.74, 6) is 0. The lowest BCUT2D eigenvalue weighted by Crippen LogP contribution is -2.27. The van der Waals surface area contributed by atoms with Crippen molar-refractivity contribution in [3.05, 3.63) is 71.7 Å². The summed E-state index contributed by atoms with van der Waals surface area (Å²) in [7, 11) is -7.12. The lowest BCUT2D eigenvalue weighted by molar-refractivity contribution is -0.119. The molecule has 0 saturated carbocycles. The Kier molecular flexibility index (Phi) is 15.5. The van der Waals surface area contributed by atoms with Crippen molar-refractivity contribution in [2.75, 3.05) is 47.1 Å². The van der Waals surface area contributed by atoms with Crippen molar-refractivity contribution in [3.8, 4) is 0 Å². The van der Waals surface area contributed by atoms with Crippen LogP contribution in [0.4, 0.5) is 21.6 Å². The predicted octanol–water partition coefficient (Wildman–Crippen LogP) is 4.31. The molecule has 48 heavy (non-hydrogen) atoms. The minimum absolute atomic E-state index is 0.164. The summed E-state index contributed by atoms with van der Waals surface area (Å²) in [6, 6.07) is 12.0. The number of aromatic nitrogens is 2. The third-order valence-corrected chi connectivity index (χ3v) is 11.1. The molecule has 0 aliphatic carbocycles. The van der Waals surface area contributed by atoms with Crippen molar-refractivity contribution in [1.29, 1.82) is 0 Å². The first kappa shape index (κ1) is 38.2. The van der Waals surface area contributed by atoms with Crippen molar-refractivity contribution in [1.82, 2.24) is 19.8 Å². The number of nitrogens with zero attached hydrogens (tertiary/aromatic N) is 4. The molecule has 4 heterocycles. The zero-order chi connectivity index (χ0) is 34.8. The summed E-state index contributed by atoms with van der Waals surface area (Å²) in [4.78, 5) is 31.9. The molecule has 0 atom stereocenters. The molecule has 2 aromatic carbocycles. The number of benzene rings is 2. The van der Waals surface area contributed by atoms with Crippen LogP contribution < -0.4 is 20.9 Å². The van der Waals surface area contributed by atoms with Gasteiger partial charge in [0.2, 0.25) is 12.8 Å². The first-order valence-electron chi connectivity index (χ1n) is 15.0. The molecule has 260 valence electrons. The summed E-state index contributed by atoms with van der Waals surface area (Å²) in [5, 5.41) is 4.08. The molecule has 6 N–H and O–H groups in total. The van der Waals surface area contributed by atoms with Gasteiger partial charge in [0.05, 0.1) is 9.79 Å². The van der Waals surface area contributed by atoms with Gasteiger partial charge in [-0.2, -0.15) is 0 Å². The molecule has 0 unspecified atom stereocenters. The third-order valence-electron chi connectivity index (χ3n) is 6.77. The Morgan fingerprint density at radius 1 is 0.583 bits per heavy atom. The van der Waals surface area contributed by atoms with Crippen LogP contribution >= 0.6 is 22.7 Å². The number of carbonyl (C=O) groups is 2. The van der Waals surface area contributed by atoms with E-state index in [4.69, 9.17) is 11.5 Å². The van der Waals surface area contributed by atoms with Crippen LogP contribution in [0.15, 0.2) is 81.5 Å². The minimum atomic E-state index is -3.56. The Morgan fingerprint density at radius 3 is 1.17 bits per heavy atom. The lowest BCUT2D eigenvalue weighted by Gasteiger charge is -2.21. The first-order chi connectivity index (χ1) is 23.0. The Hall–Kier alpha value is -4.26. The fraction of sp³-hybridized carbons (Fsp3) is 0.333. The van der Waals surface area contributed by atoms with E-state index in [-0.39, 0.29) is 9.79 Å². The average molecular weight is 737 g/mol. The van der Waals surface area contributed by atoms with Crippen molar-refractivity contribution < 1.29 is 26.4 Å². The number of anilines is 4. The Bertz CT molecular complexity index is 1580. The Morgan fingerprint density at radius 2 is 0.917 bits per heavy atom. The van der Waals surface area contributed by atoms with Gasteiger partial charge in [0.1, 0.15) is 0 Å². The maximum Gasteiger partial charge on any atom is 0.263 e. The number of amides is 2. The van der Waals surface area contributed by atoms with Gasteiger partial charge in [0.25, 0.3) is 20.0 Å². The van der Waals surface area contributed by atoms with E-state index < -0.39 is 20.0 Å². The van der Waals surface area contributed by atoms with Crippen LogP contribution in [-0.2, 0) is 29.6 Å². The normalized spacial score (nSPS) is 14.4. The monoisotopic (exact) mass is 736 g/mol. The molecule has 2 fully saturated rings. The number of hydrogen-bond acceptors (Lipinski definition) is 12. The van der Waals surface area contributed by atoms with Gasteiger partial charge in [-0.1, -0.05) is 0 Å². The minimum Gasteiger partial charge on any atom is -0.399 e. The predicted molar refractivity (Wildman–Crippen MR) is 191 cm³/mol. The Labute approximate surface area is 289 Å². The van der Waals surface area contributed by atoms with Crippen molar-refractivity contribution in [2.45, 2.75) is 48.3 Å². The van der Waals surface area contributed by atoms with E-state index in [1.165, 1.54) is 122 Å². The number of likely N-dealkylation sites (tertiary alicyclic amines) is 2. The molecular formula is C30H40N8O6S4. The summed E-state index contributed by atoms with van der Waals surface area (Å²) in [6.07, 6.45) is 12.3.